The first-order valence-corrected chi connectivity index (χ1v) is 8.37. The zero-order valence-corrected chi connectivity index (χ0v) is 14.2. The number of pyridine rings is 1. The molecule has 0 atom stereocenters. The van der Waals surface area contributed by atoms with Crippen molar-refractivity contribution in [1.29, 1.82) is 0 Å². The number of aromatic amines is 2. The van der Waals surface area contributed by atoms with E-state index in [4.69, 9.17) is 4.74 Å². The highest BCUT2D eigenvalue weighted by atomic mass is 16.5. The molecule has 0 spiro atoms. The lowest BCUT2D eigenvalue weighted by Crippen LogP contribution is -1.87. The minimum absolute atomic E-state index is 0.845. The van der Waals surface area contributed by atoms with E-state index in [1.807, 2.05) is 36.7 Å². The third-order valence-corrected chi connectivity index (χ3v) is 4.68. The Balaban J connectivity index is 1.69. The molecule has 2 N–H and O–H groups in total. The van der Waals surface area contributed by atoms with Crippen LogP contribution >= 0.6 is 0 Å². The molecule has 5 aromatic rings. The predicted molar refractivity (Wildman–Crippen MR) is 103 cm³/mol. The first-order valence-electron chi connectivity index (χ1n) is 8.37. The van der Waals surface area contributed by atoms with Crippen LogP contribution in [0.2, 0.25) is 0 Å². The topological polar surface area (TPSA) is 66.6 Å². The smallest absolute Gasteiger partial charge is 0.137 e. The largest absolute Gasteiger partial charge is 0.496 e. The number of methoxy groups -OCH3 is 1. The Bertz CT molecular complexity index is 1240. The number of aromatic nitrogens is 4. The molecule has 0 saturated heterocycles. The van der Waals surface area contributed by atoms with E-state index in [1.165, 1.54) is 0 Å². The molecule has 5 rings (SSSR count). The summed E-state index contributed by atoms with van der Waals surface area (Å²) >= 11 is 0. The summed E-state index contributed by atoms with van der Waals surface area (Å²) in [6, 6.07) is 16.4. The van der Waals surface area contributed by atoms with Crippen molar-refractivity contribution in [3.05, 3.63) is 67.3 Å². The van der Waals surface area contributed by atoms with Crippen molar-refractivity contribution in [1.82, 2.24) is 19.9 Å². The number of nitrogens with one attached hydrogen (secondary N) is 2. The van der Waals surface area contributed by atoms with E-state index in [-0.39, 0.29) is 0 Å². The van der Waals surface area contributed by atoms with Gasteiger partial charge in [-0.15, -0.1) is 0 Å². The number of benzene rings is 2. The number of hydrogen-bond donors (Lipinski definition) is 2. The molecule has 3 aromatic heterocycles. The summed E-state index contributed by atoms with van der Waals surface area (Å²) in [6.45, 7) is 0. The van der Waals surface area contributed by atoms with Crippen LogP contribution in [0.3, 0.4) is 0 Å². The lowest BCUT2D eigenvalue weighted by molar-refractivity contribution is 0.416. The highest BCUT2D eigenvalue weighted by molar-refractivity contribution is 5.97. The molecule has 0 amide bonds. The van der Waals surface area contributed by atoms with Crippen molar-refractivity contribution in [2.75, 3.05) is 7.11 Å². The Morgan fingerprint density at radius 1 is 0.885 bits per heavy atom. The van der Waals surface area contributed by atoms with E-state index in [2.05, 4.69) is 44.2 Å². The fraction of sp³-hybridized carbons (Fsp3) is 0.0476. The summed E-state index contributed by atoms with van der Waals surface area (Å²) in [7, 11) is 1.69. The van der Waals surface area contributed by atoms with Gasteiger partial charge < -0.3 is 14.7 Å². The first kappa shape index (κ1) is 14.7. The van der Waals surface area contributed by atoms with Crippen LogP contribution in [0.25, 0.3) is 44.3 Å². The second kappa shape index (κ2) is 5.74. The minimum atomic E-state index is 0.845. The summed E-state index contributed by atoms with van der Waals surface area (Å²) in [5.41, 5.74) is 7.12. The number of nitrogens with zero attached hydrogens (tertiary/aromatic N) is 2. The van der Waals surface area contributed by atoms with Gasteiger partial charge in [0.2, 0.25) is 0 Å². The van der Waals surface area contributed by atoms with Gasteiger partial charge in [0.25, 0.3) is 0 Å². The van der Waals surface area contributed by atoms with E-state index >= 15 is 0 Å². The molecule has 0 saturated carbocycles. The third-order valence-electron chi connectivity index (χ3n) is 4.68. The predicted octanol–water partition coefficient (Wildman–Crippen LogP) is 4.78. The number of fused-ring (bicyclic) bond motifs is 2. The number of imidazole rings is 1. The fourth-order valence-electron chi connectivity index (χ4n) is 3.37. The van der Waals surface area contributed by atoms with Gasteiger partial charge in [0.05, 0.1) is 24.5 Å². The van der Waals surface area contributed by atoms with Crippen LogP contribution in [0.5, 0.6) is 5.75 Å². The van der Waals surface area contributed by atoms with Crippen LogP contribution in [0.15, 0.2) is 67.3 Å². The molecule has 26 heavy (non-hydrogen) atoms. The number of rotatable bonds is 3. The van der Waals surface area contributed by atoms with E-state index in [1.54, 1.807) is 13.4 Å². The lowest BCUT2D eigenvalue weighted by Gasteiger charge is -2.08. The van der Waals surface area contributed by atoms with E-state index < -0.39 is 0 Å². The van der Waals surface area contributed by atoms with Gasteiger partial charge in [0.15, 0.2) is 0 Å². The van der Waals surface area contributed by atoms with Crippen molar-refractivity contribution < 1.29 is 4.74 Å². The van der Waals surface area contributed by atoms with Crippen molar-refractivity contribution in [2.45, 2.75) is 0 Å². The summed E-state index contributed by atoms with van der Waals surface area (Å²) in [6.07, 6.45) is 5.58. The summed E-state index contributed by atoms with van der Waals surface area (Å²) in [5, 5.41) is 1.07. The number of hydrogen-bond acceptors (Lipinski definition) is 3. The maximum Gasteiger partial charge on any atom is 0.137 e. The normalized spacial score (nSPS) is 11.3. The van der Waals surface area contributed by atoms with Crippen molar-refractivity contribution in [2.24, 2.45) is 0 Å². The molecule has 2 aromatic carbocycles. The van der Waals surface area contributed by atoms with Gasteiger partial charge in [-0.1, -0.05) is 24.3 Å². The zero-order chi connectivity index (χ0) is 17.5. The maximum absolute atomic E-state index is 5.53. The maximum atomic E-state index is 5.53. The van der Waals surface area contributed by atoms with Gasteiger partial charge >= 0.3 is 0 Å². The molecule has 5 heteroatoms. The lowest BCUT2D eigenvalue weighted by atomic mass is 10.0. The van der Waals surface area contributed by atoms with Crippen LogP contribution in [-0.2, 0) is 0 Å². The van der Waals surface area contributed by atoms with Crippen molar-refractivity contribution >= 4 is 22.1 Å². The fourth-order valence-corrected chi connectivity index (χ4v) is 3.37. The molecule has 0 bridgehead atoms. The molecule has 0 unspecified atom stereocenters. The molecular formula is C21H16N4O. The standard InChI is InChI=1S/C21H16N4O/c1-26-20-5-3-2-4-15(20)17-11-23-21-16(17)8-14(10-22-21)13-6-7-18-19(9-13)25-12-24-18/h2-12H,1H3,(H,22,23)(H,24,25). The quantitative estimate of drug-likeness (QED) is 0.496. The molecule has 5 nitrogen and oxygen atoms in total. The SMILES string of the molecule is COc1ccccc1-c1c[nH]c2ncc(-c3ccc4nc[nH]c4c3)cc12. The summed E-state index contributed by atoms with van der Waals surface area (Å²) < 4.78 is 5.53. The molecule has 0 aliphatic carbocycles. The van der Waals surface area contributed by atoms with Gasteiger partial charge in [-0.3, -0.25) is 0 Å². The average molecular weight is 340 g/mol. The van der Waals surface area contributed by atoms with Crippen molar-refractivity contribution in [3.8, 4) is 28.0 Å². The minimum Gasteiger partial charge on any atom is -0.496 e. The Labute approximate surface area is 149 Å². The zero-order valence-electron chi connectivity index (χ0n) is 14.2. The number of ether oxygens (including phenoxy) is 1. The van der Waals surface area contributed by atoms with Crippen LogP contribution in [0.1, 0.15) is 0 Å². The van der Waals surface area contributed by atoms with Gasteiger partial charge in [-0.2, -0.15) is 0 Å². The van der Waals surface area contributed by atoms with E-state index in [0.717, 1.165) is 50.1 Å². The molecule has 3 heterocycles. The van der Waals surface area contributed by atoms with Crippen LogP contribution in [-0.4, -0.2) is 27.0 Å². The van der Waals surface area contributed by atoms with Crippen LogP contribution in [0.4, 0.5) is 0 Å². The van der Waals surface area contributed by atoms with E-state index in [0.29, 0.717) is 0 Å². The van der Waals surface area contributed by atoms with E-state index in [9.17, 15) is 0 Å². The molecule has 0 fully saturated rings. The number of H-pyrrole nitrogens is 2. The monoisotopic (exact) mass is 340 g/mol. The second-order valence-corrected chi connectivity index (χ2v) is 6.16. The average Bonchev–Trinajstić information content (AvgIpc) is 3.33. The highest BCUT2D eigenvalue weighted by Gasteiger charge is 2.12. The van der Waals surface area contributed by atoms with Gasteiger partial charge in [-0.05, 0) is 29.8 Å². The molecule has 126 valence electrons. The Hall–Kier alpha value is -3.60. The molecule has 0 aliphatic rings. The summed E-state index contributed by atoms with van der Waals surface area (Å²) in [5.74, 6) is 0.845. The Kier molecular flexibility index (Phi) is 3.25. The van der Waals surface area contributed by atoms with Crippen LogP contribution in [0, 0.1) is 0 Å². The Morgan fingerprint density at radius 3 is 2.73 bits per heavy atom. The molecule has 0 aliphatic heterocycles. The van der Waals surface area contributed by atoms with Crippen molar-refractivity contribution in [3.63, 3.8) is 0 Å². The first-order chi connectivity index (χ1) is 12.8. The molecular weight excluding hydrogens is 324 g/mol. The third kappa shape index (κ3) is 2.25. The Morgan fingerprint density at radius 2 is 1.81 bits per heavy atom. The van der Waals surface area contributed by atoms with Gasteiger partial charge in [-0.25, -0.2) is 9.97 Å². The molecule has 0 radical (unpaired) electrons. The highest BCUT2D eigenvalue weighted by Crippen LogP contribution is 2.36. The summed E-state index contributed by atoms with van der Waals surface area (Å²) in [4.78, 5) is 15.3. The van der Waals surface area contributed by atoms with Crippen LogP contribution < -0.4 is 4.74 Å². The van der Waals surface area contributed by atoms with Gasteiger partial charge in [0.1, 0.15) is 11.4 Å². The second-order valence-electron chi connectivity index (χ2n) is 6.16. The van der Waals surface area contributed by atoms with Gasteiger partial charge in [0, 0.05) is 34.5 Å². The number of para-hydroxylation sites is 1.